The van der Waals surface area contributed by atoms with Crippen LogP contribution in [0.25, 0.3) is 0 Å². The molecule has 0 fully saturated rings. The van der Waals surface area contributed by atoms with Gasteiger partial charge < -0.3 is 5.32 Å². The summed E-state index contributed by atoms with van der Waals surface area (Å²) in [6.45, 7) is 0. The van der Waals surface area contributed by atoms with Crippen LogP contribution in [0.5, 0.6) is 0 Å². The van der Waals surface area contributed by atoms with Crippen LogP contribution in [0, 0.1) is 0 Å². The second-order valence-electron chi connectivity index (χ2n) is 3.49. The molecule has 2 rings (SSSR count). The highest BCUT2D eigenvalue weighted by molar-refractivity contribution is 9.11. The van der Waals surface area contributed by atoms with E-state index < -0.39 is 21.0 Å². The summed E-state index contributed by atoms with van der Waals surface area (Å²) in [4.78, 5) is 11.7. The minimum absolute atomic E-state index is 0.0838. The van der Waals surface area contributed by atoms with Gasteiger partial charge in [-0.3, -0.25) is 4.79 Å². The fourth-order valence-corrected chi connectivity index (χ4v) is 3.31. The van der Waals surface area contributed by atoms with E-state index in [0.29, 0.717) is 4.88 Å². The summed E-state index contributed by atoms with van der Waals surface area (Å²) in [5.74, 6) is -0.494. The maximum Gasteiger partial charge on any atom is 0.334 e. The second-order valence-corrected chi connectivity index (χ2v) is 7.27. The van der Waals surface area contributed by atoms with E-state index in [-0.39, 0.29) is 5.69 Å². The maximum atomic E-state index is 13.1. The number of anilines is 1. The summed E-state index contributed by atoms with van der Waals surface area (Å²) in [5, 5.41) is 2.38. The molecule has 0 aliphatic rings. The number of hydrogen-bond acceptors (Lipinski definition) is 4. The normalized spacial score (nSPS) is 11.3. The Balaban J connectivity index is 2.32. The van der Waals surface area contributed by atoms with Gasteiger partial charge in [0.05, 0.1) is 14.4 Å². The van der Waals surface area contributed by atoms with Gasteiger partial charge in [0.25, 0.3) is 5.91 Å². The van der Waals surface area contributed by atoms with Crippen molar-refractivity contribution in [2.45, 2.75) is 4.90 Å². The van der Waals surface area contributed by atoms with Gasteiger partial charge in [0.1, 0.15) is 4.90 Å². The van der Waals surface area contributed by atoms with Crippen LogP contribution >= 0.6 is 27.3 Å². The lowest BCUT2D eigenvalue weighted by Crippen LogP contribution is -2.12. The smallest absolute Gasteiger partial charge is 0.320 e. The summed E-state index contributed by atoms with van der Waals surface area (Å²) in [6.07, 6.45) is 0. The molecule has 4 nitrogen and oxygen atoms in total. The van der Waals surface area contributed by atoms with Crippen molar-refractivity contribution in [3.63, 3.8) is 0 Å². The zero-order valence-corrected chi connectivity index (χ0v) is 12.5. The number of benzene rings is 1. The Hall–Kier alpha value is -1.25. The molecule has 0 spiro atoms. The predicted molar refractivity (Wildman–Crippen MR) is 74.7 cm³/mol. The lowest BCUT2D eigenvalue weighted by Gasteiger charge is -2.06. The third-order valence-electron chi connectivity index (χ3n) is 2.19. The van der Waals surface area contributed by atoms with Crippen LogP contribution in [0.1, 0.15) is 9.67 Å². The Kier molecular flexibility index (Phi) is 4.02. The van der Waals surface area contributed by atoms with Crippen LogP contribution < -0.4 is 5.32 Å². The molecule has 1 heterocycles. The molecule has 0 bridgehead atoms. The Labute approximate surface area is 121 Å². The van der Waals surface area contributed by atoms with Crippen LogP contribution in [0.15, 0.2) is 45.1 Å². The first kappa shape index (κ1) is 14.2. The van der Waals surface area contributed by atoms with Crippen LogP contribution in [0.3, 0.4) is 0 Å². The summed E-state index contributed by atoms with van der Waals surface area (Å²) in [7, 11) is -4.88. The topological polar surface area (TPSA) is 63.2 Å². The highest BCUT2D eigenvalue weighted by atomic mass is 79.9. The van der Waals surface area contributed by atoms with Crippen LogP contribution in [0.2, 0.25) is 0 Å². The quantitative estimate of drug-likeness (QED) is 0.849. The molecule has 1 N–H and O–H groups in total. The minimum atomic E-state index is -4.88. The number of halogens is 2. The number of amides is 1. The molecule has 1 aromatic heterocycles. The zero-order chi connectivity index (χ0) is 14.0. The third-order valence-corrected chi connectivity index (χ3v) is 4.70. The number of para-hydroxylation sites is 1. The van der Waals surface area contributed by atoms with Gasteiger partial charge in [-0.25, -0.2) is 0 Å². The Morgan fingerprint density at radius 3 is 2.47 bits per heavy atom. The minimum Gasteiger partial charge on any atom is -0.320 e. The number of carbonyl (C=O) groups excluding carboxylic acids is 1. The van der Waals surface area contributed by atoms with Gasteiger partial charge in [-0.2, -0.15) is 8.42 Å². The average molecular weight is 364 g/mol. The van der Waals surface area contributed by atoms with Crippen LogP contribution in [0.4, 0.5) is 9.57 Å². The molecular weight excluding hydrogens is 357 g/mol. The van der Waals surface area contributed by atoms with Crippen molar-refractivity contribution < 1.29 is 17.1 Å². The molecule has 0 saturated heterocycles. The van der Waals surface area contributed by atoms with E-state index in [4.69, 9.17) is 0 Å². The molecule has 1 amide bonds. The molecule has 0 unspecified atom stereocenters. The zero-order valence-electron chi connectivity index (χ0n) is 9.26. The Morgan fingerprint density at radius 1 is 1.21 bits per heavy atom. The van der Waals surface area contributed by atoms with Crippen LogP contribution in [-0.2, 0) is 10.2 Å². The van der Waals surface area contributed by atoms with Crippen molar-refractivity contribution in [3.8, 4) is 0 Å². The summed E-state index contributed by atoms with van der Waals surface area (Å²) < 4.78 is 35.7. The monoisotopic (exact) mass is 363 g/mol. The van der Waals surface area contributed by atoms with Gasteiger partial charge >= 0.3 is 10.2 Å². The van der Waals surface area contributed by atoms with Gasteiger partial charge in [-0.15, -0.1) is 15.2 Å². The summed E-state index contributed by atoms with van der Waals surface area (Å²) in [6, 6.07) is 8.58. The van der Waals surface area contributed by atoms with Gasteiger partial charge in [-0.1, -0.05) is 12.1 Å². The largest absolute Gasteiger partial charge is 0.334 e. The van der Waals surface area contributed by atoms with E-state index in [9.17, 15) is 17.1 Å². The van der Waals surface area contributed by atoms with Gasteiger partial charge in [-0.05, 0) is 40.2 Å². The van der Waals surface area contributed by atoms with E-state index in [2.05, 4.69) is 21.2 Å². The Morgan fingerprint density at radius 2 is 1.89 bits per heavy atom. The molecule has 0 atom stereocenters. The first-order chi connectivity index (χ1) is 8.88. The van der Waals surface area contributed by atoms with Gasteiger partial charge in [0.2, 0.25) is 0 Å². The molecular formula is C11H7BrFNO3S2. The summed E-state index contributed by atoms with van der Waals surface area (Å²) >= 11 is 4.40. The first-order valence-corrected chi connectivity index (χ1v) is 7.97. The lowest BCUT2D eigenvalue weighted by molar-refractivity contribution is 0.103. The van der Waals surface area contributed by atoms with E-state index >= 15 is 0 Å². The predicted octanol–water partition coefficient (Wildman–Crippen LogP) is 3.42. The molecule has 0 aliphatic heterocycles. The second kappa shape index (κ2) is 5.40. The van der Waals surface area contributed by atoms with Gasteiger partial charge in [0.15, 0.2) is 0 Å². The fraction of sp³-hybridized carbons (Fsp3) is 0. The average Bonchev–Trinajstić information content (AvgIpc) is 2.75. The van der Waals surface area contributed by atoms with Crippen LogP contribution in [-0.4, -0.2) is 14.3 Å². The van der Waals surface area contributed by atoms with Crippen molar-refractivity contribution in [1.29, 1.82) is 0 Å². The highest BCUT2D eigenvalue weighted by Crippen LogP contribution is 2.26. The third kappa shape index (κ3) is 3.40. The standard InChI is InChI=1S/C11H7BrFNO3S2/c12-10-6-5-8(18-10)11(15)14-7-3-1-2-4-9(7)19(13,16)17/h1-6H,(H,14,15). The van der Waals surface area contributed by atoms with E-state index in [0.717, 1.165) is 9.85 Å². The molecule has 19 heavy (non-hydrogen) atoms. The number of rotatable bonds is 3. The number of hydrogen-bond donors (Lipinski definition) is 1. The summed E-state index contributed by atoms with van der Waals surface area (Å²) in [5.41, 5.74) is -0.0838. The maximum absolute atomic E-state index is 13.1. The number of carbonyl (C=O) groups is 1. The van der Waals surface area contributed by atoms with E-state index in [1.165, 1.54) is 29.5 Å². The molecule has 8 heteroatoms. The molecule has 0 saturated carbocycles. The molecule has 0 radical (unpaired) electrons. The van der Waals surface area contributed by atoms with E-state index in [1.807, 2.05) is 0 Å². The van der Waals surface area contributed by atoms with Crippen molar-refractivity contribution >= 4 is 49.1 Å². The van der Waals surface area contributed by atoms with Crippen molar-refractivity contribution in [2.24, 2.45) is 0 Å². The first-order valence-electron chi connectivity index (χ1n) is 4.98. The van der Waals surface area contributed by atoms with Crippen molar-refractivity contribution in [1.82, 2.24) is 0 Å². The van der Waals surface area contributed by atoms with E-state index in [1.54, 1.807) is 12.1 Å². The molecule has 0 aliphatic carbocycles. The van der Waals surface area contributed by atoms with Gasteiger partial charge in [0, 0.05) is 0 Å². The lowest BCUT2D eigenvalue weighted by atomic mass is 10.3. The molecule has 100 valence electrons. The highest BCUT2D eigenvalue weighted by Gasteiger charge is 2.19. The number of nitrogens with one attached hydrogen (secondary N) is 1. The fourth-order valence-electron chi connectivity index (χ4n) is 1.40. The van der Waals surface area contributed by atoms with Crippen molar-refractivity contribution in [2.75, 3.05) is 5.32 Å². The molecule has 2 aromatic rings. The van der Waals surface area contributed by atoms with Crippen molar-refractivity contribution in [3.05, 3.63) is 45.1 Å². The number of thiophene rings is 1. The SMILES string of the molecule is O=C(Nc1ccccc1S(=O)(=O)F)c1ccc(Br)s1. The Bertz CT molecular complexity index is 727. The molecule has 1 aromatic carbocycles.